The van der Waals surface area contributed by atoms with Crippen LogP contribution >= 0.6 is 23.1 Å². The van der Waals surface area contributed by atoms with Crippen molar-refractivity contribution in [1.29, 1.82) is 0 Å². The Morgan fingerprint density at radius 1 is 1.39 bits per heavy atom. The summed E-state index contributed by atoms with van der Waals surface area (Å²) in [4.78, 5) is 5.19. The molecule has 0 aliphatic heterocycles. The Morgan fingerprint density at radius 2 is 2.06 bits per heavy atom. The molecule has 0 aliphatic rings. The Bertz CT molecular complexity index is 349. The summed E-state index contributed by atoms with van der Waals surface area (Å²) in [6, 6.07) is 5.47. The highest BCUT2D eigenvalue weighted by molar-refractivity contribution is 7.98. The fraction of sp³-hybridized carbons (Fsp3) is 0.714. The summed E-state index contributed by atoms with van der Waals surface area (Å²) in [5, 5.41) is 0. The van der Waals surface area contributed by atoms with Crippen molar-refractivity contribution in [2.45, 2.75) is 45.3 Å². The highest BCUT2D eigenvalue weighted by Gasteiger charge is 2.25. The lowest BCUT2D eigenvalue weighted by atomic mass is 10.0. The smallest absolute Gasteiger partial charge is 0.0590 e. The van der Waals surface area contributed by atoms with Crippen LogP contribution in [-0.4, -0.2) is 36.0 Å². The van der Waals surface area contributed by atoms with Crippen LogP contribution < -0.4 is 5.73 Å². The topological polar surface area (TPSA) is 29.3 Å². The minimum absolute atomic E-state index is 0.157. The second-order valence-corrected chi connectivity index (χ2v) is 7.35. The minimum Gasteiger partial charge on any atom is -0.326 e. The molecule has 0 fully saturated rings. The largest absolute Gasteiger partial charge is 0.326 e. The van der Waals surface area contributed by atoms with Gasteiger partial charge in [0.25, 0.3) is 0 Å². The number of hydrogen-bond acceptors (Lipinski definition) is 4. The van der Waals surface area contributed by atoms with Crippen LogP contribution in [-0.2, 0) is 0 Å². The van der Waals surface area contributed by atoms with Crippen LogP contribution in [0.4, 0.5) is 0 Å². The predicted molar refractivity (Wildman–Crippen MR) is 85.7 cm³/mol. The summed E-state index contributed by atoms with van der Waals surface area (Å²) in [7, 11) is 2.20. The van der Waals surface area contributed by atoms with Crippen molar-refractivity contribution < 1.29 is 0 Å². The molecule has 1 heterocycles. The highest BCUT2D eigenvalue weighted by Crippen LogP contribution is 2.30. The average Bonchev–Trinajstić information content (AvgIpc) is 2.72. The fourth-order valence-corrected chi connectivity index (χ4v) is 3.93. The van der Waals surface area contributed by atoms with Gasteiger partial charge >= 0.3 is 0 Å². The first-order valence-corrected chi connectivity index (χ1v) is 8.71. The Hall–Kier alpha value is -0.0300. The molecular weight excluding hydrogens is 260 g/mol. The molecule has 0 aliphatic carbocycles. The van der Waals surface area contributed by atoms with Crippen molar-refractivity contribution in [1.82, 2.24) is 4.90 Å². The summed E-state index contributed by atoms with van der Waals surface area (Å²) in [5.41, 5.74) is 6.21. The Morgan fingerprint density at radius 3 is 2.50 bits per heavy atom. The van der Waals surface area contributed by atoms with Crippen LogP contribution in [0.1, 0.15) is 36.1 Å². The van der Waals surface area contributed by atoms with E-state index in [1.807, 2.05) is 23.1 Å². The molecule has 2 N–H and O–H groups in total. The average molecular weight is 287 g/mol. The lowest BCUT2D eigenvalue weighted by molar-refractivity contribution is 0.165. The van der Waals surface area contributed by atoms with E-state index in [9.17, 15) is 0 Å². The maximum absolute atomic E-state index is 6.21. The molecule has 1 aromatic heterocycles. The normalized spacial score (nSPS) is 16.8. The Kier molecular flexibility index (Phi) is 6.71. The van der Waals surface area contributed by atoms with Gasteiger partial charge in [0.05, 0.1) is 6.04 Å². The molecule has 0 spiro atoms. The van der Waals surface area contributed by atoms with E-state index in [2.05, 4.69) is 51.1 Å². The maximum atomic E-state index is 6.21. The van der Waals surface area contributed by atoms with E-state index < -0.39 is 0 Å². The first-order chi connectivity index (χ1) is 8.47. The summed E-state index contributed by atoms with van der Waals surface area (Å²) in [6.45, 7) is 6.56. The van der Waals surface area contributed by atoms with Gasteiger partial charge in [-0.1, -0.05) is 0 Å². The molecule has 4 heteroatoms. The van der Waals surface area contributed by atoms with Gasteiger partial charge in [0.2, 0.25) is 0 Å². The van der Waals surface area contributed by atoms with E-state index in [1.165, 1.54) is 21.9 Å². The van der Waals surface area contributed by atoms with Crippen LogP contribution in [0.25, 0.3) is 0 Å². The Labute approximate surface area is 120 Å². The van der Waals surface area contributed by atoms with Crippen LogP contribution in [0, 0.1) is 6.92 Å². The first-order valence-electron chi connectivity index (χ1n) is 6.50. The van der Waals surface area contributed by atoms with Crippen LogP contribution in [0.15, 0.2) is 12.1 Å². The van der Waals surface area contributed by atoms with E-state index in [-0.39, 0.29) is 6.04 Å². The number of aryl methyl sites for hydroxylation is 1. The van der Waals surface area contributed by atoms with Crippen molar-refractivity contribution in [3.8, 4) is 0 Å². The molecule has 0 bridgehead atoms. The molecule has 0 saturated carbocycles. The van der Waals surface area contributed by atoms with Gasteiger partial charge in [-0.05, 0) is 58.4 Å². The summed E-state index contributed by atoms with van der Waals surface area (Å²) >= 11 is 3.78. The van der Waals surface area contributed by atoms with Crippen LogP contribution in [0.5, 0.6) is 0 Å². The maximum Gasteiger partial charge on any atom is 0.0590 e. The molecule has 0 radical (unpaired) electrons. The standard InChI is InChI=1S/C14H26N2S2/c1-10(8-9-17-5)16(4)14(12(3)15)13-7-6-11(2)18-13/h6-7,10,12,14H,8-9,15H2,1-5H3. The number of rotatable bonds is 7. The van der Waals surface area contributed by atoms with E-state index in [1.54, 1.807) is 0 Å². The molecule has 3 unspecified atom stereocenters. The third-order valence-electron chi connectivity index (χ3n) is 3.42. The van der Waals surface area contributed by atoms with Gasteiger partial charge in [-0.3, -0.25) is 4.90 Å². The number of likely N-dealkylation sites (N-methyl/N-ethyl adjacent to an activating group) is 1. The third kappa shape index (κ3) is 4.26. The number of thiophene rings is 1. The van der Waals surface area contributed by atoms with Crippen molar-refractivity contribution in [3.05, 3.63) is 21.9 Å². The van der Waals surface area contributed by atoms with Gasteiger partial charge in [-0.15, -0.1) is 11.3 Å². The van der Waals surface area contributed by atoms with E-state index in [0.29, 0.717) is 12.1 Å². The molecule has 0 amide bonds. The molecular formula is C14H26N2S2. The van der Waals surface area contributed by atoms with E-state index in [0.717, 1.165) is 0 Å². The lowest BCUT2D eigenvalue weighted by Crippen LogP contribution is -2.41. The van der Waals surface area contributed by atoms with Gasteiger partial charge in [-0.2, -0.15) is 11.8 Å². The van der Waals surface area contributed by atoms with Crippen LogP contribution in [0.2, 0.25) is 0 Å². The molecule has 104 valence electrons. The molecule has 0 saturated heterocycles. The molecule has 3 atom stereocenters. The third-order valence-corrected chi connectivity index (χ3v) is 5.14. The van der Waals surface area contributed by atoms with Crippen LogP contribution in [0.3, 0.4) is 0 Å². The van der Waals surface area contributed by atoms with Crippen molar-refractivity contribution >= 4 is 23.1 Å². The predicted octanol–water partition coefficient (Wildman–Crippen LogP) is 3.52. The SMILES string of the molecule is CSCCC(C)N(C)C(c1ccc(C)s1)C(C)N. The van der Waals surface area contributed by atoms with Gasteiger partial charge in [-0.25, -0.2) is 0 Å². The van der Waals surface area contributed by atoms with Crippen molar-refractivity contribution in [2.75, 3.05) is 19.1 Å². The fourth-order valence-electron chi connectivity index (χ4n) is 2.21. The molecule has 2 nitrogen and oxygen atoms in total. The molecule has 1 aromatic rings. The molecule has 1 rings (SSSR count). The molecule has 0 aromatic carbocycles. The Balaban J connectivity index is 2.78. The van der Waals surface area contributed by atoms with Gasteiger partial charge in [0, 0.05) is 21.8 Å². The van der Waals surface area contributed by atoms with Crippen molar-refractivity contribution in [3.63, 3.8) is 0 Å². The van der Waals surface area contributed by atoms with E-state index in [4.69, 9.17) is 5.73 Å². The number of nitrogens with two attached hydrogens (primary N) is 1. The second kappa shape index (κ2) is 7.53. The van der Waals surface area contributed by atoms with E-state index >= 15 is 0 Å². The second-order valence-electron chi connectivity index (χ2n) is 5.05. The quantitative estimate of drug-likeness (QED) is 0.831. The first kappa shape index (κ1) is 16.0. The zero-order valence-electron chi connectivity index (χ0n) is 12.1. The van der Waals surface area contributed by atoms with Gasteiger partial charge in [0.15, 0.2) is 0 Å². The van der Waals surface area contributed by atoms with Gasteiger partial charge < -0.3 is 5.73 Å². The summed E-state index contributed by atoms with van der Waals surface area (Å²) in [5.74, 6) is 1.21. The lowest BCUT2D eigenvalue weighted by Gasteiger charge is -2.35. The zero-order valence-corrected chi connectivity index (χ0v) is 13.8. The molecule has 18 heavy (non-hydrogen) atoms. The zero-order chi connectivity index (χ0) is 13.7. The number of thioether (sulfide) groups is 1. The summed E-state index contributed by atoms with van der Waals surface area (Å²) < 4.78 is 0. The van der Waals surface area contributed by atoms with Crippen molar-refractivity contribution in [2.24, 2.45) is 5.73 Å². The summed E-state index contributed by atoms with van der Waals surface area (Å²) in [6.07, 6.45) is 3.38. The number of hydrogen-bond donors (Lipinski definition) is 1. The highest BCUT2D eigenvalue weighted by atomic mass is 32.2. The number of nitrogens with zero attached hydrogens (tertiary/aromatic N) is 1. The van der Waals surface area contributed by atoms with Gasteiger partial charge in [0.1, 0.15) is 0 Å². The monoisotopic (exact) mass is 286 g/mol. The minimum atomic E-state index is 0.157.